The first-order valence-electron chi connectivity index (χ1n) is 7.34. The van der Waals surface area contributed by atoms with Crippen LogP contribution in [0.3, 0.4) is 0 Å². The van der Waals surface area contributed by atoms with E-state index in [0.29, 0.717) is 6.54 Å². The Morgan fingerprint density at radius 1 is 1.38 bits per heavy atom. The van der Waals surface area contributed by atoms with Gasteiger partial charge in [0.1, 0.15) is 5.75 Å². The Morgan fingerprint density at radius 2 is 2.10 bits per heavy atom. The van der Waals surface area contributed by atoms with Gasteiger partial charge in [0.05, 0.1) is 13.2 Å². The quantitative estimate of drug-likeness (QED) is 0.904. The molecule has 116 valence electrons. The SMILES string of the molecule is COc1cc(C)cc(CNC(=O)[C@@H](C)N2CCSCC2)c1. The highest BCUT2D eigenvalue weighted by Gasteiger charge is 2.22. The first-order valence-corrected chi connectivity index (χ1v) is 8.49. The molecule has 0 unspecified atom stereocenters. The van der Waals surface area contributed by atoms with Crippen molar-refractivity contribution in [2.45, 2.75) is 26.4 Å². The zero-order valence-corrected chi connectivity index (χ0v) is 13.8. The molecule has 0 radical (unpaired) electrons. The number of carbonyl (C=O) groups is 1. The summed E-state index contributed by atoms with van der Waals surface area (Å²) in [6, 6.07) is 5.97. The molecule has 1 fully saturated rings. The molecule has 0 saturated carbocycles. The van der Waals surface area contributed by atoms with Crippen molar-refractivity contribution in [3.05, 3.63) is 29.3 Å². The third kappa shape index (κ3) is 4.64. The lowest BCUT2D eigenvalue weighted by Crippen LogP contribution is -2.48. The Labute approximate surface area is 131 Å². The molecule has 1 amide bonds. The Balaban J connectivity index is 1.89. The number of benzene rings is 1. The van der Waals surface area contributed by atoms with E-state index in [2.05, 4.69) is 16.3 Å². The van der Waals surface area contributed by atoms with Crippen molar-refractivity contribution in [1.82, 2.24) is 10.2 Å². The number of ether oxygens (including phenoxy) is 1. The minimum Gasteiger partial charge on any atom is -0.497 e. The number of aryl methyl sites for hydroxylation is 1. The second-order valence-electron chi connectivity index (χ2n) is 5.40. The summed E-state index contributed by atoms with van der Waals surface area (Å²) in [6.45, 7) is 6.56. The first-order chi connectivity index (χ1) is 10.1. The number of nitrogens with zero attached hydrogens (tertiary/aromatic N) is 1. The molecular weight excluding hydrogens is 284 g/mol. The fourth-order valence-electron chi connectivity index (χ4n) is 2.51. The van der Waals surface area contributed by atoms with Crippen molar-refractivity contribution >= 4 is 17.7 Å². The molecule has 1 saturated heterocycles. The smallest absolute Gasteiger partial charge is 0.237 e. The highest BCUT2D eigenvalue weighted by molar-refractivity contribution is 7.99. The molecule has 1 N–H and O–H groups in total. The minimum absolute atomic E-state index is 0.0578. The maximum Gasteiger partial charge on any atom is 0.237 e. The van der Waals surface area contributed by atoms with Crippen LogP contribution in [0.15, 0.2) is 18.2 Å². The number of amides is 1. The minimum atomic E-state index is -0.0578. The van der Waals surface area contributed by atoms with Crippen LogP contribution in [0, 0.1) is 6.92 Å². The van der Waals surface area contributed by atoms with Gasteiger partial charge in [0.15, 0.2) is 0 Å². The molecule has 1 aromatic rings. The van der Waals surface area contributed by atoms with E-state index in [0.717, 1.165) is 41.5 Å². The number of nitrogens with one attached hydrogen (secondary N) is 1. The third-order valence-electron chi connectivity index (χ3n) is 3.79. The summed E-state index contributed by atoms with van der Waals surface area (Å²) in [6.07, 6.45) is 0. The van der Waals surface area contributed by atoms with E-state index in [-0.39, 0.29) is 11.9 Å². The van der Waals surface area contributed by atoms with Gasteiger partial charge in [-0.2, -0.15) is 11.8 Å². The van der Waals surface area contributed by atoms with Gasteiger partial charge in [-0.05, 0) is 37.1 Å². The van der Waals surface area contributed by atoms with Gasteiger partial charge in [-0.15, -0.1) is 0 Å². The molecule has 1 aliphatic heterocycles. The molecule has 1 heterocycles. The van der Waals surface area contributed by atoms with E-state index in [1.165, 1.54) is 0 Å². The number of rotatable bonds is 5. The standard InChI is InChI=1S/C16H24N2O2S/c1-12-8-14(10-15(9-12)20-3)11-17-16(19)13(2)18-4-6-21-7-5-18/h8-10,13H,4-7,11H2,1-3H3,(H,17,19)/t13-/m1/s1. The third-order valence-corrected chi connectivity index (χ3v) is 4.73. The average molecular weight is 308 g/mol. The van der Waals surface area contributed by atoms with E-state index < -0.39 is 0 Å². The number of hydrogen-bond acceptors (Lipinski definition) is 4. The van der Waals surface area contributed by atoms with Crippen LogP contribution in [0.4, 0.5) is 0 Å². The van der Waals surface area contributed by atoms with Crippen LogP contribution in [0.2, 0.25) is 0 Å². The van der Waals surface area contributed by atoms with E-state index in [4.69, 9.17) is 4.74 Å². The van der Waals surface area contributed by atoms with E-state index in [1.54, 1.807) is 7.11 Å². The maximum absolute atomic E-state index is 12.3. The lowest BCUT2D eigenvalue weighted by molar-refractivity contribution is -0.125. The monoisotopic (exact) mass is 308 g/mol. The molecule has 1 atom stereocenters. The molecule has 1 aromatic carbocycles. The van der Waals surface area contributed by atoms with E-state index >= 15 is 0 Å². The molecule has 0 aromatic heterocycles. The molecular formula is C16H24N2O2S. The van der Waals surface area contributed by atoms with Crippen molar-refractivity contribution in [3.63, 3.8) is 0 Å². The van der Waals surface area contributed by atoms with Gasteiger partial charge < -0.3 is 10.1 Å². The fourth-order valence-corrected chi connectivity index (χ4v) is 3.44. The van der Waals surface area contributed by atoms with Crippen LogP contribution >= 0.6 is 11.8 Å². The van der Waals surface area contributed by atoms with Crippen LogP contribution in [0.1, 0.15) is 18.1 Å². The zero-order chi connectivity index (χ0) is 15.2. The Kier molecular flexibility index (Phi) is 5.94. The van der Waals surface area contributed by atoms with Crippen LogP contribution in [0.25, 0.3) is 0 Å². The maximum atomic E-state index is 12.3. The van der Waals surface area contributed by atoms with Gasteiger partial charge in [-0.1, -0.05) is 6.07 Å². The van der Waals surface area contributed by atoms with Gasteiger partial charge in [-0.25, -0.2) is 0 Å². The summed E-state index contributed by atoms with van der Waals surface area (Å²) < 4.78 is 5.26. The molecule has 0 spiro atoms. The normalized spacial score (nSPS) is 17.3. The topological polar surface area (TPSA) is 41.6 Å². The predicted molar refractivity (Wildman–Crippen MR) is 87.9 cm³/mol. The lowest BCUT2D eigenvalue weighted by Gasteiger charge is -2.31. The second-order valence-corrected chi connectivity index (χ2v) is 6.63. The van der Waals surface area contributed by atoms with E-state index in [9.17, 15) is 4.79 Å². The molecule has 5 heteroatoms. The predicted octanol–water partition coefficient (Wildman–Crippen LogP) is 2.06. The summed E-state index contributed by atoms with van der Waals surface area (Å²) in [5, 5.41) is 3.03. The van der Waals surface area contributed by atoms with Gasteiger partial charge >= 0.3 is 0 Å². The Hall–Kier alpha value is -1.20. The summed E-state index contributed by atoms with van der Waals surface area (Å²) >= 11 is 1.96. The van der Waals surface area contributed by atoms with Crippen LogP contribution < -0.4 is 10.1 Å². The van der Waals surface area contributed by atoms with Gasteiger partial charge in [0.2, 0.25) is 5.91 Å². The van der Waals surface area contributed by atoms with Crippen LogP contribution in [-0.2, 0) is 11.3 Å². The Bertz CT molecular complexity index is 487. The van der Waals surface area contributed by atoms with Gasteiger partial charge in [-0.3, -0.25) is 9.69 Å². The fraction of sp³-hybridized carbons (Fsp3) is 0.562. The molecule has 2 rings (SSSR count). The largest absolute Gasteiger partial charge is 0.497 e. The zero-order valence-electron chi connectivity index (χ0n) is 13.0. The first kappa shape index (κ1) is 16.2. The molecule has 21 heavy (non-hydrogen) atoms. The van der Waals surface area contributed by atoms with Crippen molar-refractivity contribution in [2.75, 3.05) is 31.7 Å². The Morgan fingerprint density at radius 3 is 2.76 bits per heavy atom. The second kappa shape index (κ2) is 7.71. The lowest BCUT2D eigenvalue weighted by atomic mass is 10.1. The van der Waals surface area contributed by atoms with Crippen molar-refractivity contribution in [1.29, 1.82) is 0 Å². The summed E-state index contributed by atoms with van der Waals surface area (Å²) in [7, 11) is 1.66. The van der Waals surface area contributed by atoms with Crippen LogP contribution in [-0.4, -0.2) is 48.6 Å². The molecule has 0 bridgehead atoms. The van der Waals surface area contributed by atoms with Crippen molar-refractivity contribution < 1.29 is 9.53 Å². The summed E-state index contributed by atoms with van der Waals surface area (Å²) in [4.78, 5) is 14.5. The number of methoxy groups -OCH3 is 1. The number of hydrogen-bond donors (Lipinski definition) is 1. The van der Waals surface area contributed by atoms with E-state index in [1.807, 2.05) is 37.7 Å². The number of carbonyl (C=O) groups excluding carboxylic acids is 1. The number of thioether (sulfide) groups is 1. The highest BCUT2D eigenvalue weighted by atomic mass is 32.2. The van der Waals surface area contributed by atoms with Crippen LogP contribution in [0.5, 0.6) is 5.75 Å². The summed E-state index contributed by atoms with van der Waals surface area (Å²) in [5.74, 6) is 3.17. The molecule has 0 aliphatic carbocycles. The van der Waals surface area contributed by atoms with Gasteiger partial charge in [0, 0.05) is 31.1 Å². The van der Waals surface area contributed by atoms with Crippen molar-refractivity contribution in [3.8, 4) is 5.75 Å². The highest BCUT2D eigenvalue weighted by Crippen LogP contribution is 2.16. The van der Waals surface area contributed by atoms with Gasteiger partial charge in [0.25, 0.3) is 0 Å². The average Bonchev–Trinajstić information content (AvgIpc) is 2.52. The summed E-state index contributed by atoms with van der Waals surface area (Å²) in [5.41, 5.74) is 2.21. The molecule has 4 nitrogen and oxygen atoms in total. The molecule has 1 aliphatic rings. The van der Waals surface area contributed by atoms with Crippen molar-refractivity contribution in [2.24, 2.45) is 0 Å².